The summed E-state index contributed by atoms with van der Waals surface area (Å²) >= 11 is 1.40. The molecular weight excluding hydrogens is 418 g/mol. The number of methoxy groups -OCH3 is 1. The number of aromatic nitrogens is 3. The lowest BCUT2D eigenvalue weighted by Gasteiger charge is -2.13. The summed E-state index contributed by atoms with van der Waals surface area (Å²) < 4.78 is 12.8. The quantitative estimate of drug-likeness (QED) is 0.222. The fraction of sp³-hybridized carbons (Fsp3) is 0.286. The van der Waals surface area contributed by atoms with E-state index in [1.54, 1.807) is 17.7 Å². The van der Waals surface area contributed by atoms with E-state index in [4.69, 9.17) is 9.47 Å². The molecule has 9 nitrogen and oxygen atoms in total. The van der Waals surface area contributed by atoms with Crippen LogP contribution < -0.4 is 9.47 Å². The fourth-order valence-electron chi connectivity index (χ4n) is 2.94. The van der Waals surface area contributed by atoms with Crippen molar-refractivity contribution in [1.82, 2.24) is 14.9 Å². The van der Waals surface area contributed by atoms with Crippen molar-refractivity contribution in [3.05, 3.63) is 68.5 Å². The van der Waals surface area contributed by atoms with Crippen molar-refractivity contribution in [2.75, 3.05) is 13.4 Å². The SMILES string of the molecule is COc1cc(/C=N\n2c(C)nnc2SC)cc([N+](=O)[O-])c1OCc1cc(C)ccc1C. The van der Waals surface area contributed by atoms with Crippen LogP contribution in [-0.2, 0) is 6.61 Å². The zero-order chi connectivity index (χ0) is 22.5. The third kappa shape index (κ3) is 5.02. The van der Waals surface area contributed by atoms with Gasteiger partial charge in [-0.1, -0.05) is 35.5 Å². The molecule has 3 rings (SSSR count). The molecule has 0 aliphatic rings. The van der Waals surface area contributed by atoms with Crippen LogP contribution in [-0.4, -0.2) is 39.4 Å². The Morgan fingerprint density at radius 2 is 2.00 bits per heavy atom. The van der Waals surface area contributed by atoms with Crippen LogP contribution in [0.15, 0.2) is 40.6 Å². The molecule has 1 aromatic heterocycles. The molecule has 3 aromatic rings. The van der Waals surface area contributed by atoms with Gasteiger partial charge in [0.25, 0.3) is 0 Å². The Morgan fingerprint density at radius 3 is 2.68 bits per heavy atom. The van der Waals surface area contributed by atoms with Gasteiger partial charge in [0.2, 0.25) is 10.9 Å². The van der Waals surface area contributed by atoms with Gasteiger partial charge in [-0.05, 0) is 44.2 Å². The number of hydrogen-bond acceptors (Lipinski definition) is 8. The molecule has 0 fully saturated rings. The molecule has 2 aromatic carbocycles. The summed E-state index contributed by atoms with van der Waals surface area (Å²) in [6.45, 7) is 5.92. The Hall–Kier alpha value is -3.40. The van der Waals surface area contributed by atoms with Gasteiger partial charge in [0, 0.05) is 11.6 Å². The highest BCUT2D eigenvalue weighted by atomic mass is 32.2. The molecule has 1 heterocycles. The number of nitro groups is 1. The summed E-state index contributed by atoms with van der Waals surface area (Å²) in [6, 6.07) is 9.06. The predicted molar refractivity (Wildman–Crippen MR) is 119 cm³/mol. The smallest absolute Gasteiger partial charge is 0.315 e. The summed E-state index contributed by atoms with van der Waals surface area (Å²) in [5.74, 6) is 0.943. The maximum absolute atomic E-state index is 11.8. The Balaban J connectivity index is 1.95. The first-order valence-corrected chi connectivity index (χ1v) is 10.6. The molecule has 0 aliphatic carbocycles. The second-order valence-electron chi connectivity index (χ2n) is 6.84. The van der Waals surface area contributed by atoms with E-state index in [0.29, 0.717) is 16.5 Å². The van der Waals surface area contributed by atoms with E-state index in [-0.39, 0.29) is 23.8 Å². The molecule has 0 radical (unpaired) electrons. The van der Waals surface area contributed by atoms with Gasteiger partial charge >= 0.3 is 5.69 Å². The minimum atomic E-state index is -0.490. The maximum atomic E-state index is 11.8. The topological polar surface area (TPSA) is 105 Å². The zero-order valence-corrected chi connectivity index (χ0v) is 18.8. The lowest BCUT2D eigenvalue weighted by atomic mass is 10.1. The number of aryl methyl sites for hydroxylation is 3. The fourth-order valence-corrected chi connectivity index (χ4v) is 3.42. The average molecular weight is 442 g/mol. The molecule has 0 bridgehead atoms. The van der Waals surface area contributed by atoms with Gasteiger partial charge in [-0.2, -0.15) is 9.78 Å². The van der Waals surface area contributed by atoms with Crippen LogP contribution in [0, 0.1) is 30.9 Å². The molecule has 162 valence electrons. The van der Waals surface area contributed by atoms with Gasteiger partial charge < -0.3 is 9.47 Å². The third-order valence-electron chi connectivity index (χ3n) is 4.62. The van der Waals surface area contributed by atoms with E-state index in [0.717, 1.165) is 16.7 Å². The number of rotatable bonds is 8. The second kappa shape index (κ2) is 9.61. The molecule has 0 unspecified atom stereocenters. The van der Waals surface area contributed by atoms with Crippen LogP contribution >= 0.6 is 11.8 Å². The number of benzene rings is 2. The minimum absolute atomic E-state index is 0.0795. The highest BCUT2D eigenvalue weighted by molar-refractivity contribution is 7.98. The minimum Gasteiger partial charge on any atom is -0.493 e. The van der Waals surface area contributed by atoms with Gasteiger partial charge in [-0.15, -0.1) is 10.2 Å². The Morgan fingerprint density at radius 1 is 1.23 bits per heavy atom. The van der Waals surface area contributed by atoms with E-state index in [9.17, 15) is 10.1 Å². The van der Waals surface area contributed by atoms with Crippen LogP contribution in [0.3, 0.4) is 0 Å². The molecule has 0 saturated carbocycles. The number of ether oxygens (including phenoxy) is 2. The monoisotopic (exact) mass is 441 g/mol. The van der Waals surface area contributed by atoms with Gasteiger partial charge in [0.15, 0.2) is 11.6 Å². The standard InChI is InChI=1S/C21H23N5O4S/c1-13-6-7-14(2)17(8-13)12-30-20-18(26(27)28)9-16(10-19(20)29-4)11-22-25-15(3)23-24-21(25)31-5/h6-11H,12H2,1-5H3/b22-11-. The Kier molecular flexibility index (Phi) is 6.91. The molecule has 0 aliphatic heterocycles. The molecule has 0 spiro atoms. The molecule has 10 heteroatoms. The van der Waals surface area contributed by atoms with Gasteiger partial charge in [-0.3, -0.25) is 10.1 Å². The third-order valence-corrected chi connectivity index (χ3v) is 5.24. The van der Waals surface area contributed by atoms with Crippen LogP contribution in [0.1, 0.15) is 28.1 Å². The largest absolute Gasteiger partial charge is 0.493 e. The van der Waals surface area contributed by atoms with Gasteiger partial charge in [-0.25, -0.2) is 0 Å². The molecule has 0 atom stereocenters. The first-order chi connectivity index (χ1) is 14.8. The Labute approximate surface area is 184 Å². The lowest BCUT2D eigenvalue weighted by Crippen LogP contribution is -2.04. The van der Waals surface area contributed by atoms with E-state index >= 15 is 0 Å². The molecule has 0 saturated heterocycles. The van der Waals surface area contributed by atoms with Crippen molar-refractivity contribution in [2.45, 2.75) is 32.5 Å². The molecular formula is C21H23N5O4S. The molecule has 0 amide bonds. The Bertz CT molecular complexity index is 1140. The van der Waals surface area contributed by atoms with Crippen LogP contribution in [0.2, 0.25) is 0 Å². The molecule has 31 heavy (non-hydrogen) atoms. The van der Waals surface area contributed by atoms with Crippen LogP contribution in [0.5, 0.6) is 11.5 Å². The number of nitro benzene ring substituents is 1. The average Bonchev–Trinajstić information content (AvgIpc) is 3.11. The van der Waals surface area contributed by atoms with Crippen molar-refractivity contribution in [1.29, 1.82) is 0 Å². The summed E-state index contributed by atoms with van der Waals surface area (Å²) in [4.78, 5) is 11.3. The summed E-state index contributed by atoms with van der Waals surface area (Å²) in [5, 5.41) is 24.7. The summed E-state index contributed by atoms with van der Waals surface area (Å²) in [7, 11) is 1.44. The maximum Gasteiger partial charge on any atom is 0.315 e. The lowest BCUT2D eigenvalue weighted by molar-refractivity contribution is -0.386. The van der Waals surface area contributed by atoms with Crippen molar-refractivity contribution in [3.63, 3.8) is 0 Å². The highest BCUT2D eigenvalue weighted by Crippen LogP contribution is 2.38. The van der Waals surface area contributed by atoms with Crippen molar-refractivity contribution in [3.8, 4) is 11.5 Å². The van der Waals surface area contributed by atoms with Gasteiger partial charge in [0.05, 0.1) is 18.2 Å². The summed E-state index contributed by atoms with van der Waals surface area (Å²) in [5.41, 5.74) is 3.38. The van der Waals surface area contributed by atoms with Crippen LogP contribution in [0.25, 0.3) is 0 Å². The first-order valence-electron chi connectivity index (χ1n) is 9.39. The number of thioether (sulfide) groups is 1. The zero-order valence-electron chi connectivity index (χ0n) is 17.9. The predicted octanol–water partition coefficient (Wildman–Crippen LogP) is 4.30. The van der Waals surface area contributed by atoms with E-state index in [2.05, 4.69) is 15.3 Å². The molecule has 0 N–H and O–H groups in total. The van der Waals surface area contributed by atoms with Crippen molar-refractivity contribution >= 4 is 23.7 Å². The normalized spacial score (nSPS) is 11.1. The highest BCUT2D eigenvalue weighted by Gasteiger charge is 2.22. The van der Waals surface area contributed by atoms with Gasteiger partial charge in [0.1, 0.15) is 6.61 Å². The number of hydrogen-bond donors (Lipinski definition) is 0. The van der Waals surface area contributed by atoms with E-state index in [1.165, 1.54) is 31.2 Å². The first kappa shape index (κ1) is 22.3. The number of nitrogens with zero attached hydrogens (tertiary/aromatic N) is 5. The van der Waals surface area contributed by atoms with E-state index < -0.39 is 4.92 Å². The second-order valence-corrected chi connectivity index (χ2v) is 7.61. The summed E-state index contributed by atoms with van der Waals surface area (Å²) in [6.07, 6.45) is 3.37. The van der Waals surface area contributed by atoms with Crippen molar-refractivity contribution < 1.29 is 14.4 Å². The van der Waals surface area contributed by atoms with Crippen molar-refractivity contribution in [2.24, 2.45) is 5.10 Å². The van der Waals surface area contributed by atoms with Crippen LogP contribution in [0.4, 0.5) is 5.69 Å². The van der Waals surface area contributed by atoms with E-state index in [1.807, 2.05) is 38.3 Å².